The molecular weight excluding hydrogens is 218 g/mol. The van der Waals surface area contributed by atoms with Crippen molar-refractivity contribution >= 4 is 11.8 Å². The zero-order valence-electron chi connectivity index (χ0n) is 9.25. The molecule has 1 saturated heterocycles. The van der Waals surface area contributed by atoms with Gasteiger partial charge in [-0.25, -0.2) is 0 Å². The van der Waals surface area contributed by atoms with Gasteiger partial charge in [0.05, 0.1) is 12.1 Å². The van der Waals surface area contributed by atoms with E-state index in [0.29, 0.717) is 12.8 Å². The molecular formula is C12H11N3O2. The largest absolute Gasteiger partial charge is 0.293 e. The van der Waals surface area contributed by atoms with Crippen molar-refractivity contribution in [3.8, 4) is 12.1 Å². The zero-order valence-corrected chi connectivity index (χ0v) is 9.25. The van der Waals surface area contributed by atoms with Gasteiger partial charge in [-0.2, -0.15) is 10.5 Å². The number of rotatable bonds is 0. The molecule has 1 aliphatic heterocycles. The molecule has 3 aliphatic rings. The number of carbonyl (C=O) groups is 2. The topological polar surface area (TPSA) is 93.8 Å². The number of imide groups is 1. The van der Waals surface area contributed by atoms with Gasteiger partial charge in [0, 0.05) is 5.41 Å². The summed E-state index contributed by atoms with van der Waals surface area (Å²) in [5, 5.41) is 20.9. The van der Waals surface area contributed by atoms with Gasteiger partial charge >= 0.3 is 0 Å². The molecule has 0 bridgehead atoms. The van der Waals surface area contributed by atoms with Gasteiger partial charge in [0.15, 0.2) is 10.8 Å². The van der Waals surface area contributed by atoms with Gasteiger partial charge in [-0.3, -0.25) is 14.9 Å². The van der Waals surface area contributed by atoms with E-state index in [4.69, 9.17) is 0 Å². The average molecular weight is 229 g/mol. The maximum Gasteiger partial charge on any atom is 0.249 e. The first-order valence-corrected chi connectivity index (χ1v) is 5.81. The molecule has 3 fully saturated rings. The number of piperidine rings is 1. The van der Waals surface area contributed by atoms with Crippen LogP contribution in [0.2, 0.25) is 0 Å². The predicted molar refractivity (Wildman–Crippen MR) is 54.8 cm³/mol. The zero-order chi connectivity index (χ0) is 12.3. The molecule has 2 amide bonds. The summed E-state index contributed by atoms with van der Waals surface area (Å²) < 4.78 is 0. The molecule has 2 aliphatic carbocycles. The van der Waals surface area contributed by atoms with Crippen molar-refractivity contribution in [2.75, 3.05) is 0 Å². The van der Waals surface area contributed by atoms with Crippen molar-refractivity contribution in [2.45, 2.75) is 32.1 Å². The number of hydrogen-bond acceptors (Lipinski definition) is 4. The molecule has 0 aromatic heterocycles. The van der Waals surface area contributed by atoms with Crippen LogP contribution in [0.4, 0.5) is 0 Å². The highest BCUT2D eigenvalue weighted by Crippen LogP contribution is 2.84. The third-order valence-corrected chi connectivity index (χ3v) is 4.89. The van der Waals surface area contributed by atoms with Crippen LogP contribution in [0, 0.1) is 38.9 Å². The third kappa shape index (κ3) is 0.683. The summed E-state index contributed by atoms with van der Waals surface area (Å²) in [7, 11) is 0. The maximum absolute atomic E-state index is 11.9. The Bertz CT molecular complexity index is 481. The quantitative estimate of drug-likeness (QED) is 0.616. The molecule has 0 aromatic carbocycles. The highest BCUT2D eigenvalue weighted by molar-refractivity contribution is 6.19. The van der Waals surface area contributed by atoms with Crippen LogP contribution in [0.15, 0.2) is 0 Å². The second-order valence-electron chi connectivity index (χ2n) is 5.15. The Morgan fingerprint density at radius 1 is 0.941 bits per heavy atom. The summed E-state index contributed by atoms with van der Waals surface area (Å²) in [4.78, 5) is 23.8. The molecule has 5 heteroatoms. The number of nitriles is 2. The molecule has 86 valence electrons. The lowest BCUT2D eigenvalue weighted by molar-refractivity contribution is -0.131. The van der Waals surface area contributed by atoms with Crippen molar-refractivity contribution in [1.29, 1.82) is 10.5 Å². The minimum Gasteiger partial charge on any atom is -0.293 e. The number of nitrogens with zero attached hydrogens (tertiary/aromatic N) is 2. The van der Waals surface area contributed by atoms with E-state index < -0.39 is 28.1 Å². The summed E-state index contributed by atoms with van der Waals surface area (Å²) in [6, 6.07) is 3.98. The molecule has 0 radical (unpaired) electrons. The van der Waals surface area contributed by atoms with Crippen molar-refractivity contribution in [3.05, 3.63) is 0 Å². The van der Waals surface area contributed by atoms with Crippen molar-refractivity contribution in [1.82, 2.24) is 5.32 Å². The van der Waals surface area contributed by atoms with E-state index in [2.05, 4.69) is 5.32 Å². The Hall–Kier alpha value is -1.88. The molecule has 5 nitrogen and oxygen atoms in total. The molecule has 0 aromatic rings. The van der Waals surface area contributed by atoms with Gasteiger partial charge in [0.2, 0.25) is 11.8 Å². The van der Waals surface area contributed by atoms with Gasteiger partial charge in [0.1, 0.15) is 0 Å². The maximum atomic E-state index is 11.9. The van der Waals surface area contributed by atoms with Gasteiger partial charge in [0.25, 0.3) is 0 Å². The van der Waals surface area contributed by atoms with Gasteiger partial charge in [-0.1, -0.05) is 19.3 Å². The Kier molecular flexibility index (Phi) is 1.62. The highest BCUT2D eigenvalue weighted by Gasteiger charge is 2.97. The second-order valence-corrected chi connectivity index (χ2v) is 5.15. The fourth-order valence-corrected chi connectivity index (χ4v) is 4.15. The molecule has 2 saturated carbocycles. The van der Waals surface area contributed by atoms with E-state index in [0.717, 1.165) is 19.3 Å². The number of nitrogens with one attached hydrogen (secondary N) is 1. The van der Waals surface area contributed by atoms with E-state index in [1.165, 1.54) is 0 Å². The fraction of sp³-hybridized carbons (Fsp3) is 0.667. The first kappa shape index (κ1) is 10.3. The van der Waals surface area contributed by atoms with Crippen LogP contribution >= 0.6 is 0 Å². The molecule has 2 unspecified atom stereocenters. The van der Waals surface area contributed by atoms with Crippen molar-refractivity contribution in [2.24, 2.45) is 16.2 Å². The van der Waals surface area contributed by atoms with Crippen LogP contribution in [0.5, 0.6) is 0 Å². The molecule has 3 rings (SSSR count). The second kappa shape index (κ2) is 2.68. The predicted octanol–water partition coefficient (Wildman–Crippen LogP) is 0.627. The Morgan fingerprint density at radius 2 is 1.41 bits per heavy atom. The molecule has 2 atom stereocenters. The smallest absolute Gasteiger partial charge is 0.249 e. The van der Waals surface area contributed by atoms with E-state index >= 15 is 0 Å². The standard InChI is InChI=1S/C12H11N3O2/c13-6-11-8(16)15-9(17)12(11,7-14)10(11)4-2-1-3-5-10/h1-5H2,(H,15,16,17). The Morgan fingerprint density at radius 3 is 1.82 bits per heavy atom. The van der Waals surface area contributed by atoms with E-state index in [-0.39, 0.29) is 0 Å². The molecule has 1 N–H and O–H groups in total. The summed E-state index contributed by atoms with van der Waals surface area (Å²) in [6.45, 7) is 0. The summed E-state index contributed by atoms with van der Waals surface area (Å²) in [5.41, 5.74) is -3.53. The Labute approximate surface area is 98.4 Å². The van der Waals surface area contributed by atoms with Gasteiger partial charge < -0.3 is 0 Å². The van der Waals surface area contributed by atoms with Crippen molar-refractivity contribution in [3.63, 3.8) is 0 Å². The van der Waals surface area contributed by atoms with Crippen LogP contribution < -0.4 is 5.32 Å². The third-order valence-electron chi connectivity index (χ3n) is 4.89. The first-order valence-electron chi connectivity index (χ1n) is 5.81. The van der Waals surface area contributed by atoms with E-state index in [1.54, 1.807) is 0 Å². The molecule has 1 heterocycles. The normalized spacial score (nSPS) is 41.3. The highest BCUT2D eigenvalue weighted by atomic mass is 16.2. The number of amides is 2. The number of carbonyl (C=O) groups excluding carboxylic acids is 2. The SMILES string of the molecule is N#CC12C(=O)NC(=O)C1(C#N)C21CCCCC1. The number of hydrogen-bond donors (Lipinski definition) is 1. The molecule has 1 spiro atoms. The lowest BCUT2D eigenvalue weighted by Gasteiger charge is -2.26. The van der Waals surface area contributed by atoms with E-state index in [9.17, 15) is 20.1 Å². The Balaban J connectivity index is 2.22. The summed E-state index contributed by atoms with van der Waals surface area (Å²) in [6.07, 6.45) is 4.07. The van der Waals surface area contributed by atoms with Crippen LogP contribution in [0.25, 0.3) is 0 Å². The summed E-state index contributed by atoms with van der Waals surface area (Å²) >= 11 is 0. The first-order chi connectivity index (χ1) is 8.13. The van der Waals surface area contributed by atoms with Crippen LogP contribution in [0.1, 0.15) is 32.1 Å². The minimum atomic E-state index is -1.41. The van der Waals surface area contributed by atoms with Gasteiger partial charge in [-0.15, -0.1) is 0 Å². The molecule has 17 heavy (non-hydrogen) atoms. The lowest BCUT2D eigenvalue weighted by Crippen LogP contribution is -2.38. The lowest BCUT2D eigenvalue weighted by atomic mass is 9.77. The van der Waals surface area contributed by atoms with Gasteiger partial charge in [-0.05, 0) is 12.8 Å². The summed E-state index contributed by atoms with van der Waals surface area (Å²) in [5.74, 6) is -1.12. The van der Waals surface area contributed by atoms with Crippen LogP contribution in [-0.4, -0.2) is 11.8 Å². The van der Waals surface area contributed by atoms with Crippen LogP contribution in [-0.2, 0) is 9.59 Å². The van der Waals surface area contributed by atoms with E-state index in [1.807, 2.05) is 12.1 Å². The number of fused-ring (bicyclic) bond motifs is 3. The minimum absolute atomic E-state index is 0.562. The van der Waals surface area contributed by atoms with Crippen LogP contribution in [0.3, 0.4) is 0 Å². The fourth-order valence-electron chi connectivity index (χ4n) is 4.15. The van der Waals surface area contributed by atoms with Crippen molar-refractivity contribution < 1.29 is 9.59 Å². The average Bonchev–Trinajstić information content (AvgIpc) is 2.74. The monoisotopic (exact) mass is 229 g/mol.